The van der Waals surface area contributed by atoms with Gasteiger partial charge in [0.15, 0.2) is 0 Å². The second-order valence-electron chi connectivity index (χ2n) is 2.76. The number of nitrogens with zero attached hydrogens (tertiary/aromatic N) is 4. The fourth-order valence-corrected chi connectivity index (χ4v) is 1.46. The Bertz CT molecular complexity index is 450. The molecule has 15 heavy (non-hydrogen) atoms. The molecule has 0 bridgehead atoms. The van der Waals surface area contributed by atoms with Crippen molar-refractivity contribution >= 4 is 28.1 Å². The number of hydrogen-bond donors (Lipinski definition) is 2. The molecule has 0 atom stereocenters. The second-order valence-corrected chi connectivity index (χ2v) is 3.60. The van der Waals surface area contributed by atoms with Crippen molar-refractivity contribution in [1.82, 2.24) is 20.0 Å². The highest BCUT2D eigenvalue weighted by Crippen LogP contribution is 2.07. The molecule has 8 heteroatoms. The van der Waals surface area contributed by atoms with Gasteiger partial charge in [0.2, 0.25) is 11.0 Å². The fourth-order valence-electron chi connectivity index (χ4n) is 1.000. The lowest BCUT2D eigenvalue weighted by Gasteiger charge is -2.00. The smallest absolute Gasteiger partial charge is 0.247 e. The van der Waals surface area contributed by atoms with Crippen LogP contribution in [0.25, 0.3) is 0 Å². The van der Waals surface area contributed by atoms with Gasteiger partial charge in [0.1, 0.15) is 12.1 Å². The van der Waals surface area contributed by atoms with Crippen molar-refractivity contribution < 1.29 is 4.79 Å². The van der Waals surface area contributed by atoms with E-state index in [1.165, 1.54) is 22.2 Å². The summed E-state index contributed by atoms with van der Waals surface area (Å²) in [6.07, 6.45) is 3.07. The molecule has 1 amide bonds. The van der Waals surface area contributed by atoms with Crippen LogP contribution < -0.4 is 11.1 Å². The van der Waals surface area contributed by atoms with Crippen molar-refractivity contribution in [2.45, 2.75) is 6.54 Å². The van der Waals surface area contributed by atoms with Crippen molar-refractivity contribution in [1.29, 1.82) is 0 Å². The third-order valence-electron chi connectivity index (χ3n) is 1.57. The molecule has 0 saturated carbocycles. The van der Waals surface area contributed by atoms with E-state index in [4.69, 9.17) is 5.73 Å². The number of hydrogen-bond acceptors (Lipinski definition) is 6. The number of nitrogens with two attached hydrogens (primary N) is 1. The molecule has 7 nitrogen and oxygen atoms in total. The number of rotatable bonds is 3. The summed E-state index contributed by atoms with van der Waals surface area (Å²) < 4.78 is 1.45. The minimum absolute atomic E-state index is 0.108. The van der Waals surface area contributed by atoms with Gasteiger partial charge in [-0.1, -0.05) is 11.3 Å². The maximum absolute atomic E-state index is 11.4. The van der Waals surface area contributed by atoms with Gasteiger partial charge in [-0.15, -0.1) is 10.2 Å². The number of aromatic nitrogens is 4. The number of anilines is 2. The summed E-state index contributed by atoms with van der Waals surface area (Å²) in [5.41, 5.74) is 7.52. The van der Waals surface area contributed by atoms with E-state index in [1.807, 2.05) is 0 Å². The average Bonchev–Trinajstić information content (AvgIpc) is 2.77. The van der Waals surface area contributed by atoms with Crippen LogP contribution in [0.1, 0.15) is 0 Å². The van der Waals surface area contributed by atoms with Gasteiger partial charge in [0, 0.05) is 6.20 Å². The van der Waals surface area contributed by atoms with E-state index in [1.54, 1.807) is 11.7 Å². The van der Waals surface area contributed by atoms with Crippen molar-refractivity contribution in [2.24, 2.45) is 0 Å². The maximum Gasteiger partial charge on any atom is 0.247 e. The number of nitrogen functional groups attached to an aromatic ring is 1. The topological polar surface area (TPSA) is 98.7 Å². The SMILES string of the molecule is Nc1cnn(CC(=O)Nc2nncs2)c1. The molecular formula is C7H8N6OS. The van der Waals surface area contributed by atoms with Crippen LogP contribution in [0, 0.1) is 0 Å². The first kappa shape index (κ1) is 9.59. The van der Waals surface area contributed by atoms with Gasteiger partial charge in [-0.25, -0.2) is 0 Å². The second kappa shape index (κ2) is 4.05. The van der Waals surface area contributed by atoms with Crippen LogP contribution in [0.15, 0.2) is 17.9 Å². The van der Waals surface area contributed by atoms with Gasteiger partial charge in [-0.05, 0) is 0 Å². The highest BCUT2D eigenvalue weighted by Gasteiger charge is 2.06. The zero-order chi connectivity index (χ0) is 10.7. The number of amides is 1. The normalized spacial score (nSPS) is 10.1. The summed E-state index contributed by atoms with van der Waals surface area (Å²) in [5, 5.41) is 14.2. The first-order valence-electron chi connectivity index (χ1n) is 4.08. The summed E-state index contributed by atoms with van der Waals surface area (Å²) in [4.78, 5) is 11.4. The molecule has 2 rings (SSSR count). The van der Waals surface area contributed by atoms with Crippen LogP contribution in [0.3, 0.4) is 0 Å². The molecule has 0 aliphatic rings. The van der Waals surface area contributed by atoms with Crippen LogP contribution >= 0.6 is 11.3 Å². The molecule has 0 radical (unpaired) electrons. The predicted octanol–water partition coefficient (Wildman–Crippen LogP) is -0.0445. The van der Waals surface area contributed by atoms with E-state index in [-0.39, 0.29) is 12.5 Å². The Morgan fingerprint density at radius 1 is 1.67 bits per heavy atom. The largest absolute Gasteiger partial charge is 0.396 e. The lowest BCUT2D eigenvalue weighted by atomic mass is 10.5. The van der Waals surface area contributed by atoms with Crippen molar-refractivity contribution in [2.75, 3.05) is 11.1 Å². The maximum atomic E-state index is 11.4. The number of nitrogens with one attached hydrogen (secondary N) is 1. The molecular weight excluding hydrogens is 216 g/mol. The molecule has 0 fully saturated rings. The third-order valence-corrected chi connectivity index (χ3v) is 2.17. The van der Waals surface area contributed by atoms with E-state index >= 15 is 0 Å². The summed E-state index contributed by atoms with van der Waals surface area (Å²) in [6, 6.07) is 0. The molecule has 0 saturated heterocycles. The summed E-state index contributed by atoms with van der Waals surface area (Å²) >= 11 is 1.26. The lowest BCUT2D eigenvalue weighted by Crippen LogP contribution is -2.18. The van der Waals surface area contributed by atoms with Gasteiger partial charge < -0.3 is 5.73 Å². The third kappa shape index (κ3) is 2.50. The number of carbonyl (C=O) groups is 1. The molecule has 2 aromatic rings. The van der Waals surface area contributed by atoms with Crippen LogP contribution in [-0.2, 0) is 11.3 Å². The molecule has 3 N–H and O–H groups in total. The molecule has 2 aromatic heterocycles. The van der Waals surface area contributed by atoms with E-state index in [2.05, 4.69) is 20.6 Å². The Labute approximate surface area is 88.9 Å². The Balaban J connectivity index is 1.93. The van der Waals surface area contributed by atoms with Gasteiger partial charge in [-0.3, -0.25) is 14.8 Å². The van der Waals surface area contributed by atoms with Crippen molar-refractivity contribution in [3.8, 4) is 0 Å². The van der Waals surface area contributed by atoms with E-state index in [0.29, 0.717) is 10.8 Å². The van der Waals surface area contributed by atoms with E-state index < -0.39 is 0 Å². The van der Waals surface area contributed by atoms with Gasteiger partial charge >= 0.3 is 0 Å². The lowest BCUT2D eigenvalue weighted by molar-refractivity contribution is -0.116. The van der Waals surface area contributed by atoms with Gasteiger partial charge in [0.05, 0.1) is 11.9 Å². The minimum Gasteiger partial charge on any atom is -0.396 e. The quantitative estimate of drug-likeness (QED) is 0.761. The minimum atomic E-state index is -0.213. The molecule has 0 aromatic carbocycles. The van der Waals surface area contributed by atoms with Gasteiger partial charge in [0.25, 0.3) is 0 Å². The number of carbonyl (C=O) groups excluding carboxylic acids is 1. The Hall–Kier alpha value is -1.96. The Kier molecular flexibility index (Phi) is 2.59. The highest BCUT2D eigenvalue weighted by molar-refractivity contribution is 7.13. The molecule has 0 aliphatic carbocycles. The summed E-state index contributed by atoms with van der Waals surface area (Å²) in [7, 11) is 0. The Morgan fingerprint density at radius 3 is 3.13 bits per heavy atom. The molecule has 78 valence electrons. The standard InChI is InChI=1S/C7H8N6OS/c8-5-1-10-13(2-5)3-6(14)11-7-12-9-4-15-7/h1-2,4H,3,8H2,(H,11,12,14). The predicted molar refractivity (Wildman–Crippen MR) is 55.2 cm³/mol. The van der Waals surface area contributed by atoms with Crippen molar-refractivity contribution in [3.63, 3.8) is 0 Å². The zero-order valence-corrected chi connectivity index (χ0v) is 8.44. The van der Waals surface area contributed by atoms with Crippen LogP contribution in [0.5, 0.6) is 0 Å². The van der Waals surface area contributed by atoms with E-state index in [0.717, 1.165) is 0 Å². The molecule has 0 aliphatic heterocycles. The first-order chi connectivity index (χ1) is 7.24. The van der Waals surface area contributed by atoms with Crippen LogP contribution in [0.4, 0.5) is 10.8 Å². The summed E-state index contributed by atoms with van der Waals surface area (Å²) in [5.74, 6) is -0.213. The molecule has 0 spiro atoms. The first-order valence-corrected chi connectivity index (χ1v) is 4.96. The highest BCUT2D eigenvalue weighted by atomic mass is 32.1. The Morgan fingerprint density at radius 2 is 2.53 bits per heavy atom. The van der Waals surface area contributed by atoms with Crippen molar-refractivity contribution in [3.05, 3.63) is 17.9 Å². The molecule has 2 heterocycles. The summed E-state index contributed by atoms with van der Waals surface area (Å²) in [6.45, 7) is 0.108. The van der Waals surface area contributed by atoms with E-state index in [9.17, 15) is 4.79 Å². The van der Waals surface area contributed by atoms with Crippen LogP contribution in [-0.4, -0.2) is 25.9 Å². The monoisotopic (exact) mass is 224 g/mol. The average molecular weight is 224 g/mol. The van der Waals surface area contributed by atoms with Crippen LogP contribution in [0.2, 0.25) is 0 Å². The van der Waals surface area contributed by atoms with Gasteiger partial charge in [-0.2, -0.15) is 5.10 Å². The zero-order valence-electron chi connectivity index (χ0n) is 7.62. The molecule has 0 unspecified atom stereocenters. The fraction of sp³-hybridized carbons (Fsp3) is 0.143.